The molecule has 1 heterocycles. The number of benzene rings is 2. The zero-order valence-corrected chi connectivity index (χ0v) is 15.8. The molecular weight excluding hydrogens is 344 g/mol. The van der Waals surface area contributed by atoms with Crippen molar-refractivity contribution in [2.24, 2.45) is 0 Å². The number of nitrogens with one attached hydrogen (secondary N) is 1. The van der Waals surface area contributed by atoms with Crippen LogP contribution in [0.5, 0.6) is 0 Å². The van der Waals surface area contributed by atoms with Crippen molar-refractivity contribution < 1.29 is 4.79 Å². The van der Waals surface area contributed by atoms with E-state index in [4.69, 9.17) is 11.6 Å². The zero-order valence-electron chi connectivity index (χ0n) is 15.0. The van der Waals surface area contributed by atoms with Crippen LogP contribution in [0.2, 0.25) is 5.02 Å². The topological polar surface area (TPSA) is 32.3 Å². The molecule has 0 bridgehead atoms. The summed E-state index contributed by atoms with van der Waals surface area (Å²) >= 11 is 5.90. The number of carbonyl (C=O) groups is 1. The molecule has 1 saturated carbocycles. The van der Waals surface area contributed by atoms with E-state index in [0.29, 0.717) is 11.6 Å². The van der Waals surface area contributed by atoms with Gasteiger partial charge >= 0.3 is 0 Å². The first-order valence-electron chi connectivity index (χ1n) is 9.57. The molecule has 1 fully saturated rings. The first-order chi connectivity index (χ1) is 12.7. The Kier molecular flexibility index (Phi) is 5.28. The van der Waals surface area contributed by atoms with E-state index in [9.17, 15) is 4.79 Å². The molecule has 0 unspecified atom stereocenters. The Balaban J connectivity index is 1.39. The predicted octanol–water partition coefficient (Wildman–Crippen LogP) is 4.22. The van der Waals surface area contributed by atoms with Crippen LogP contribution in [0, 0.1) is 0 Å². The van der Waals surface area contributed by atoms with Crippen molar-refractivity contribution in [3.05, 3.63) is 69.7 Å². The maximum Gasteiger partial charge on any atom is 0.251 e. The van der Waals surface area contributed by atoms with E-state index in [-0.39, 0.29) is 5.91 Å². The fourth-order valence-electron chi connectivity index (χ4n) is 3.89. The van der Waals surface area contributed by atoms with Crippen LogP contribution < -0.4 is 5.32 Å². The first kappa shape index (κ1) is 17.6. The van der Waals surface area contributed by atoms with Gasteiger partial charge in [-0.2, -0.15) is 0 Å². The second-order valence-corrected chi connectivity index (χ2v) is 7.85. The fourth-order valence-corrected chi connectivity index (χ4v) is 4.01. The molecule has 1 amide bonds. The van der Waals surface area contributed by atoms with E-state index in [1.165, 1.54) is 30.4 Å². The second-order valence-electron chi connectivity index (χ2n) is 7.41. The molecule has 2 aromatic carbocycles. The molecule has 2 aromatic rings. The summed E-state index contributed by atoms with van der Waals surface area (Å²) in [6.45, 7) is 2.79. The van der Waals surface area contributed by atoms with Gasteiger partial charge in [0, 0.05) is 36.3 Å². The van der Waals surface area contributed by atoms with Crippen molar-refractivity contribution in [3.8, 4) is 0 Å². The minimum absolute atomic E-state index is 0.0113. The lowest BCUT2D eigenvalue weighted by molar-refractivity contribution is 0.0951. The first-order valence-corrected chi connectivity index (χ1v) is 9.95. The van der Waals surface area contributed by atoms with E-state index in [1.54, 1.807) is 0 Å². The highest BCUT2D eigenvalue weighted by Crippen LogP contribution is 2.27. The molecule has 1 aliphatic heterocycles. The van der Waals surface area contributed by atoms with Gasteiger partial charge in [-0.05, 0) is 66.6 Å². The lowest BCUT2D eigenvalue weighted by atomic mass is 9.91. The van der Waals surface area contributed by atoms with Crippen LogP contribution in [-0.2, 0) is 19.4 Å². The second kappa shape index (κ2) is 7.81. The fraction of sp³-hybridized carbons (Fsp3) is 0.409. The van der Waals surface area contributed by atoms with Gasteiger partial charge in [-0.1, -0.05) is 36.2 Å². The summed E-state index contributed by atoms with van der Waals surface area (Å²) in [6, 6.07) is 14.6. The molecule has 136 valence electrons. The number of halogens is 1. The summed E-state index contributed by atoms with van der Waals surface area (Å²) < 4.78 is 0. The number of amides is 1. The maximum atomic E-state index is 12.5. The lowest BCUT2D eigenvalue weighted by Crippen LogP contribution is -2.41. The number of rotatable bonds is 4. The molecule has 0 aromatic heterocycles. The molecule has 0 radical (unpaired) electrons. The largest absolute Gasteiger partial charge is 0.348 e. The SMILES string of the molecule is O=C(NCc1ccc(Cl)cc1)c1ccc2c(c1)CCN(C1CCC1)CC2. The molecule has 2 aliphatic rings. The summed E-state index contributed by atoms with van der Waals surface area (Å²) in [4.78, 5) is 15.2. The third-order valence-corrected chi connectivity index (χ3v) is 6.01. The van der Waals surface area contributed by atoms with E-state index >= 15 is 0 Å². The van der Waals surface area contributed by atoms with Crippen LogP contribution in [-0.4, -0.2) is 29.9 Å². The molecule has 1 aliphatic carbocycles. The Hall–Kier alpha value is -1.84. The lowest BCUT2D eigenvalue weighted by Gasteiger charge is -2.36. The van der Waals surface area contributed by atoms with E-state index < -0.39 is 0 Å². The van der Waals surface area contributed by atoms with E-state index in [0.717, 1.165) is 43.1 Å². The average molecular weight is 369 g/mol. The number of carbonyl (C=O) groups excluding carboxylic acids is 1. The van der Waals surface area contributed by atoms with Crippen LogP contribution in [0.4, 0.5) is 0 Å². The quantitative estimate of drug-likeness (QED) is 0.876. The molecule has 4 heteroatoms. The van der Waals surface area contributed by atoms with Crippen LogP contribution in [0.25, 0.3) is 0 Å². The van der Waals surface area contributed by atoms with Crippen molar-refractivity contribution in [1.29, 1.82) is 0 Å². The van der Waals surface area contributed by atoms with Gasteiger partial charge in [0.2, 0.25) is 0 Å². The molecule has 0 atom stereocenters. The van der Waals surface area contributed by atoms with Gasteiger partial charge < -0.3 is 5.32 Å². The third kappa shape index (κ3) is 3.94. The predicted molar refractivity (Wildman–Crippen MR) is 106 cm³/mol. The minimum Gasteiger partial charge on any atom is -0.348 e. The Morgan fingerprint density at radius 1 is 1.04 bits per heavy atom. The smallest absolute Gasteiger partial charge is 0.251 e. The molecule has 0 spiro atoms. The Morgan fingerprint density at radius 2 is 1.77 bits per heavy atom. The van der Waals surface area contributed by atoms with Gasteiger partial charge in [0.1, 0.15) is 0 Å². The highest BCUT2D eigenvalue weighted by atomic mass is 35.5. The van der Waals surface area contributed by atoms with Crippen molar-refractivity contribution in [2.45, 2.75) is 44.7 Å². The highest BCUT2D eigenvalue weighted by Gasteiger charge is 2.26. The van der Waals surface area contributed by atoms with Crippen molar-refractivity contribution in [2.75, 3.05) is 13.1 Å². The number of hydrogen-bond donors (Lipinski definition) is 1. The Labute approximate surface area is 160 Å². The number of fused-ring (bicyclic) bond motifs is 1. The Bertz CT molecular complexity index is 783. The average Bonchev–Trinajstić information content (AvgIpc) is 2.82. The summed E-state index contributed by atoms with van der Waals surface area (Å²) in [5, 5.41) is 3.72. The molecule has 26 heavy (non-hydrogen) atoms. The van der Waals surface area contributed by atoms with Crippen molar-refractivity contribution in [3.63, 3.8) is 0 Å². The van der Waals surface area contributed by atoms with Crippen LogP contribution in [0.3, 0.4) is 0 Å². The molecule has 3 nitrogen and oxygen atoms in total. The number of nitrogens with zero attached hydrogens (tertiary/aromatic N) is 1. The summed E-state index contributed by atoms with van der Waals surface area (Å²) in [7, 11) is 0. The standard InChI is InChI=1S/C22H25ClN2O/c23-20-8-4-16(5-9-20)15-24-22(26)19-7-6-17-10-12-25(21-2-1-3-21)13-11-18(17)14-19/h4-9,14,21H,1-3,10-13,15H2,(H,24,26). The van der Waals surface area contributed by atoms with Gasteiger partial charge in [0.25, 0.3) is 5.91 Å². The van der Waals surface area contributed by atoms with Gasteiger partial charge in [-0.25, -0.2) is 0 Å². The van der Waals surface area contributed by atoms with Crippen molar-refractivity contribution in [1.82, 2.24) is 10.2 Å². The molecule has 4 rings (SSSR count). The summed E-state index contributed by atoms with van der Waals surface area (Å²) in [5.74, 6) is -0.0113. The van der Waals surface area contributed by atoms with Crippen molar-refractivity contribution >= 4 is 17.5 Å². The normalized spacial score (nSPS) is 17.9. The molecule has 1 N–H and O–H groups in total. The van der Waals surface area contributed by atoms with Gasteiger partial charge in [0.05, 0.1) is 0 Å². The third-order valence-electron chi connectivity index (χ3n) is 5.76. The highest BCUT2D eigenvalue weighted by molar-refractivity contribution is 6.30. The van der Waals surface area contributed by atoms with Crippen LogP contribution >= 0.6 is 11.6 Å². The van der Waals surface area contributed by atoms with E-state index in [2.05, 4.69) is 22.3 Å². The van der Waals surface area contributed by atoms with Crippen LogP contribution in [0.1, 0.15) is 46.3 Å². The van der Waals surface area contributed by atoms with Gasteiger partial charge in [0.15, 0.2) is 0 Å². The summed E-state index contributed by atoms with van der Waals surface area (Å²) in [6.07, 6.45) is 6.23. The van der Waals surface area contributed by atoms with Gasteiger partial charge in [-0.3, -0.25) is 9.69 Å². The Morgan fingerprint density at radius 3 is 2.46 bits per heavy atom. The monoisotopic (exact) mass is 368 g/mol. The summed E-state index contributed by atoms with van der Waals surface area (Å²) in [5.41, 5.74) is 4.55. The van der Waals surface area contributed by atoms with Crippen LogP contribution in [0.15, 0.2) is 42.5 Å². The number of hydrogen-bond acceptors (Lipinski definition) is 2. The van der Waals surface area contributed by atoms with E-state index in [1.807, 2.05) is 30.3 Å². The minimum atomic E-state index is -0.0113. The zero-order chi connectivity index (χ0) is 17.9. The maximum absolute atomic E-state index is 12.5. The molecule has 0 saturated heterocycles. The van der Waals surface area contributed by atoms with Gasteiger partial charge in [-0.15, -0.1) is 0 Å². The molecular formula is C22H25ClN2O.